The van der Waals surface area contributed by atoms with Crippen molar-refractivity contribution < 1.29 is 9.53 Å². The van der Waals surface area contributed by atoms with Crippen LogP contribution in [0.4, 0.5) is 0 Å². The molecule has 2 heteroatoms. The van der Waals surface area contributed by atoms with Gasteiger partial charge in [-0.25, -0.2) is 4.79 Å². The van der Waals surface area contributed by atoms with E-state index in [2.05, 4.69) is 12.1 Å². The van der Waals surface area contributed by atoms with Gasteiger partial charge < -0.3 is 4.74 Å². The Bertz CT molecular complexity index is 530. The molecule has 0 atom stereocenters. The van der Waals surface area contributed by atoms with Crippen molar-refractivity contribution in [3.63, 3.8) is 0 Å². The maximum atomic E-state index is 10.4. The first kappa shape index (κ1) is 12.4. The molecule has 0 aliphatic carbocycles. The fourth-order valence-corrected chi connectivity index (χ4v) is 1.87. The van der Waals surface area contributed by atoms with Gasteiger partial charge >= 0.3 is 6.47 Å². The van der Waals surface area contributed by atoms with E-state index in [0.29, 0.717) is 0 Å². The first-order valence-electron chi connectivity index (χ1n) is 5.84. The second-order valence-electron chi connectivity index (χ2n) is 4.64. The Hall–Kier alpha value is -2.09. The Morgan fingerprint density at radius 1 is 0.944 bits per heavy atom. The molecule has 2 nitrogen and oxygen atoms in total. The summed E-state index contributed by atoms with van der Waals surface area (Å²) >= 11 is 0. The van der Waals surface area contributed by atoms with Crippen LogP contribution in [0.25, 0.3) is 11.1 Å². The van der Waals surface area contributed by atoms with Crippen molar-refractivity contribution in [1.29, 1.82) is 0 Å². The molecule has 0 bridgehead atoms. The van der Waals surface area contributed by atoms with Crippen LogP contribution in [-0.2, 0) is 15.1 Å². The molecular formula is C16H15O2. The summed E-state index contributed by atoms with van der Waals surface area (Å²) in [6.45, 7) is 5.21. The zero-order valence-electron chi connectivity index (χ0n) is 10.5. The lowest BCUT2D eigenvalue weighted by Gasteiger charge is -2.23. The molecule has 0 N–H and O–H groups in total. The molecule has 2 rings (SSSR count). The minimum atomic E-state index is -0.660. The molecule has 2 aromatic carbocycles. The van der Waals surface area contributed by atoms with E-state index in [1.165, 1.54) is 6.47 Å². The molecule has 0 fully saturated rings. The highest BCUT2D eigenvalue weighted by Crippen LogP contribution is 2.28. The molecule has 0 aliphatic rings. The van der Waals surface area contributed by atoms with E-state index < -0.39 is 5.60 Å². The number of hydrogen-bond acceptors (Lipinski definition) is 2. The smallest absolute Gasteiger partial charge is 0.418 e. The van der Waals surface area contributed by atoms with E-state index in [1.807, 2.05) is 56.3 Å². The van der Waals surface area contributed by atoms with Crippen molar-refractivity contribution in [1.82, 2.24) is 0 Å². The average Bonchev–Trinajstić information content (AvgIpc) is 2.40. The van der Waals surface area contributed by atoms with E-state index in [9.17, 15) is 4.79 Å². The summed E-state index contributed by atoms with van der Waals surface area (Å²) in [6, 6.07) is 18.1. The van der Waals surface area contributed by atoms with Crippen molar-refractivity contribution in [2.45, 2.75) is 19.4 Å². The normalized spacial score (nSPS) is 11.0. The Kier molecular flexibility index (Phi) is 3.47. The monoisotopic (exact) mass is 239 g/mol. The summed E-state index contributed by atoms with van der Waals surface area (Å²) in [5.41, 5.74) is 2.54. The molecule has 0 spiro atoms. The van der Waals surface area contributed by atoms with Crippen molar-refractivity contribution >= 4 is 6.47 Å². The van der Waals surface area contributed by atoms with Crippen LogP contribution in [-0.4, -0.2) is 6.47 Å². The van der Waals surface area contributed by atoms with Gasteiger partial charge in [-0.3, -0.25) is 0 Å². The van der Waals surface area contributed by atoms with Crippen LogP contribution in [0.1, 0.15) is 19.4 Å². The van der Waals surface area contributed by atoms with Gasteiger partial charge in [-0.2, -0.15) is 0 Å². The molecule has 0 heterocycles. The van der Waals surface area contributed by atoms with Crippen molar-refractivity contribution in [3.8, 4) is 11.1 Å². The van der Waals surface area contributed by atoms with E-state index in [1.54, 1.807) is 0 Å². The number of carbonyl (C=O) groups excluding carboxylic acids is 1. The van der Waals surface area contributed by atoms with Crippen LogP contribution in [0.3, 0.4) is 0 Å². The summed E-state index contributed by atoms with van der Waals surface area (Å²) < 4.78 is 5.00. The Morgan fingerprint density at radius 2 is 1.61 bits per heavy atom. The summed E-state index contributed by atoms with van der Waals surface area (Å²) in [5.74, 6) is 0. The summed E-state index contributed by atoms with van der Waals surface area (Å²) in [7, 11) is 0. The average molecular weight is 239 g/mol. The number of ether oxygens (including phenoxy) is 1. The third kappa shape index (κ3) is 2.59. The largest absolute Gasteiger partial charge is 0.446 e. The van der Waals surface area contributed by atoms with Gasteiger partial charge in [0.05, 0.1) is 0 Å². The predicted octanol–water partition coefficient (Wildman–Crippen LogP) is 3.67. The van der Waals surface area contributed by atoms with Gasteiger partial charge in [0, 0.05) is 0 Å². The minimum absolute atomic E-state index is 0.660. The molecule has 91 valence electrons. The third-order valence-corrected chi connectivity index (χ3v) is 2.96. The zero-order valence-corrected chi connectivity index (χ0v) is 10.5. The molecule has 1 radical (unpaired) electrons. The van der Waals surface area contributed by atoms with Gasteiger partial charge in [0.15, 0.2) is 0 Å². The molecule has 0 amide bonds. The van der Waals surface area contributed by atoms with E-state index in [4.69, 9.17) is 4.74 Å². The van der Waals surface area contributed by atoms with E-state index in [0.717, 1.165) is 16.7 Å². The standard InChI is InChI=1S/C16H15O2/c1-16(2,18-12-17)15-10-6-9-14(11-15)13-7-4-3-5-8-13/h3-11H,1-2H3. The molecule has 0 saturated heterocycles. The number of benzene rings is 2. The highest BCUT2D eigenvalue weighted by atomic mass is 16.5. The van der Waals surface area contributed by atoms with Crippen LogP contribution >= 0.6 is 0 Å². The maximum absolute atomic E-state index is 10.4. The summed E-state index contributed by atoms with van der Waals surface area (Å²) in [5, 5.41) is 0. The lowest BCUT2D eigenvalue weighted by atomic mass is 9.94. The van der Waals surface area contributed by atoms with Gasteiger partial charge in [0.2, 0.25) is 0 Å². The third-order valence-electron chi connectivity index (χ3n) is 2.96. The van der Waals surface area contributed by atoms with Gasteiger partial charge in [-0.15, -0.1) is 0 Å². The molecule has 0 saturated carbocycles. The topological polar surface area (TPSA) is 26.3 Å². The van der Waals surface area contributed by atoms with Crippen LogP contribution in [0.2, 0.25) is 0 Å². The lowest BCUT2D eigenvalue weighted by molar-refractivity contribution is 0.0879. The Morgan fingerprint density at radius 3 is 2.28 bits per heavy atom. The van der Waals surface area contributed by atoms with Crippen LogP contribution in [0.15, 0.2) is 54.6 Å². The van der Waals surface area contributed by atoms with Gasteiger partial charge in [0.1, 0.15) is 5.60 Å². The molecule has 2 aromatic rings. The quantitative estimate of drug-likeness (QED) is 0.813. The molecule has 0 aromatic heterocycles. The van der Waals surface area contributed by atoms with Crippen molar-refractivity contribution in [2.75, 3.05) is 0 Å². The highest BCUT2D eigenvalue weighted by Gasteiger charge is 2.22. The number of rotatable bonds is 4. The van der Waals surface area contributed by atoms with Gasteiger partial charge in [0.25, 0.3) is 0 Å². The van der Waals surface area contributed by atoms with Gasteiger partial charge in [-0.05, 0) is 36.6 Å². The second-order valence-corrected chi connectivity index (χ2v) is 4.64. The van der Waals surface area contributed by atoms with Crippen molar-refractivity contribution in [3.05, 3.63) is 60.2 Å². The highest BCUT2D eigenvalue weighted by molar-refractivity contribution is 5.64. The summed E-state index contributed by atoms with van der Waals surface area (Å²) in [6.07, 6.45) is 0. The van der Waals surface area contributed by atoms with E-state index in [-0.39, 0.29) is 0 Å². The molecule has 0 aliphatic heterocycles. The lowest BCUT2D eigenvalue weighted by Crippen LogP contribution is -2.20. The Balaban J connectivity index is 2.40. The van der Waals surface area contributed by atoms with Crippen LogP contribution in [0.5, 0.6) is 0 Å². The first-order valence-corrected chi connectivity index (χ1v) is 5.84. The second kappa shape index (κ2) is 5.05. The predicted molar refractivity (Wildman–Crippen MR) is 71.7 cm³/mol. The number of hydrogen-bond donors (Lipinski definition) is 0. The van der Waals surface area contributed by atoms with Gasteiger partial charge in [-0.1, -0.05) is 48.5 Å². The minimum Gasteiger partial charge on any atom is -0.446 e. The zero-order chi connectivity index (χ0) is 13.0. The van der Waals surface area contributed by atoms with Crippen LogP contribution < -0.4 is 0 Å². The first-order chi connectivity index (χ1) is 8.63. The fraction of sp³-hybridized carbons (Fsp3) is 0.188. The Labute approximate surface area is 107 Å². The maximum Gasteiger partial charge on any atom is 0.418 e. The molecular weight excluding hydrogens is 224 g/mol. The molecule has 0 unspecified atom stereocenters. The van der Waals surface area contributed by atoms with Crippen LogP contribution in [0, 0.1) is 0 Å². The fourth-order valence-electron chi connectivity index (χ4n) is 1.87. The van der Waals surface area contributed by atoms with Crippen molar-refractivity contribution in [2.24, 2.45) is 0 Å². The van der Waals surface area contributed by atoms with E-state index >= 15 is 0 Å². The molecule has 18 heavy (non-hydrogen) atoms. The SMILES string of the molecule is CC(C)(O[C]=O)c1cccc(-c2ccccc2)c1. The summed E-state index contributed by atoms with van der Waals surface area (Å²) in [4.78, 5) is 10.4.